The number of hydrogen-bond acceptors (Lipinski definition) is 4. The average Bonchev–Trinajstić information content (AvgIpc) is 2.83. The van der Waals surface area contributed by atoms with Gasteiger partial charge in [0.2, 0.25) is 0 Å². The van der Waals surface area contributed by atoms with Crippen LogP contribution >= 0.6 is 0 Å². The number of nitrogens with zero attached hydrogens (tertiary/aromatic N) is 4. The highest BCUT2D eigenvalue weighted by Gasteiger charge is 2.13. The van der Waals surface area contributed by atoms with Crippen molar-refractivity contribution < 1.29 is 0 Å². The molecular weight excluding hydrogens is 214 g/mol. The lowest BCUT2D eigenvalue weighted by Gasteiger charge is -2.25. The molecule has 0 radical (unpaired) electrons. The van der Waals surface area contributed by atoms with E-state index < -0.39 is 0 Å². The maximum Gasteiger partial charge on any atom is 0.154 e. The molecule has 5 nitrogen and oxygen atoms in total. The summed E-state index contributed by atoms with van der Waals surface area (Å²) in [6.45, 7) is 6.82. The molecule has 2 N–H and O–H groups in total. The first-order valence-electron chi connectivity index (χ1n) is 5.99. The van der Waals surface area contributed by atoms with Gasteiger partial charge in [-0.15, -0.1) is 0 Å². The van der Waals surface area contributed by atoms with Gasteiger partial charge in [-0.3, -0.25) is 0 Å². The molecule has 0 amide bonds. The summed E-state index contributed by atoms with van der Waals surface area (Å²) in [7, 11) is 0. The van der Waals surface area contributed by atoms with E-state index in [-0.39, 0.29) is 0 Å². The fourth-order valence-electron chi connectivity index (χ4n) is 1.90. The van der Waals surface area contributed by atoms with Crippen molar-refractivity contribution in [3.63, 3.8) is 0 Å². The second kappa shape index (κ2) is 5.14. The van der Waals surface area contributed by atoms with Crippen LogP contribution in [0, 0.1) is 5.92 Å². The lowest BCUT2D eigenvalue weighted by atomic mass is 10.1. The average molecular weight is 233 g/mol. The molecule has 5 heteroatoms. The van der Waals surface area contributed by atoms with Crippen molar-refractivity contribution >= 4 is 11.3 Å². The largest absolute Gasteiger partial charge is 0.355 e. The van der Waals surface area contributed by atoms with E-state index in [9.17, 15) is 0 Å². The van der Waals surface area contributed by atoms with Gasteiger partial charge in [0, 0.05) is 25.5 Å². The van der Waals surface area contributed by atoms with Gasteiger partial charge in [0.05, 0.1) is 6.20 Å². The highest BCUT2D eigenvalue weighted by molar-refractivity contribution is 5.68. The zero-order valence-electron chi connectivity index (χ0n) is 10.4. The van der Waals surface area contributed by atoms with Crippen LogP contribution in [-0.2, 0) is 0 Å². The van der Waals surface area contributed by atoms with Crippen molar-refractivity contribution in [2.75, 3.05) is 24.5 Å². The lowest BCUT2D eigenvalue weighted by Crippen LogP contribution is -2.32. The first-order chi connectivity index (χ1) is 8.26. The summed E-state index contributed by atoms with van der Waals surface area (Å²) in [5.74, 6) is 1.44. The second-order valence-electron chi connectivity index (χ2n) is 4.29. The molecule has 0 aliphatic heterocycles. The Morgan fingerprint density at radius 3 is 3.00 bits per heavy atom. The van der Waals surface area contributed by atoms with Gasteiger partial charge in [0.1, 0.15) is 5.52 Å². The van der Waals surface area contributed by atoms with Gasteiger partial charge < -0.3 is 10.6 Å². The van der Waals surface area contributed by atoms with Gasteiger partial charge in [-0.25, -0.2) is 9.50 Å². The molecule has 2 rings (SSSR count). The van der Waals surface area contributed by atoms with Crippen LogP contribution in [0.15, 0.2) is 24.7 Å². The Balaban J connectivity index is 2.32. The van der Waals surface area contributed by atoms with E-state index in [1.807, 2.05) is 16.8 Å². The van der Waals surface area contributed by atoms with E-state index in [0.29, 0.717) is 12.5 Å². The summed E-state index contributed by atoms with van der Waals surface area (Å²) in [6, 6.07) is 1.98. The fraction of sp³-hybridized carbons (Fsp3) is 0.500. The van der Waals surface area contributed by atoms with Crippen molar-refractivity contribution in [1.29, 1.82) is 0 Å². The molecule has 2 aromatic rings. The monoisotopic (exact) mass is 233 g/mol. The molecule has 0 bridgehead atoms. The molecule has 0 aliphatic rings. The quantitative estimate of drug-likeness (QED) is 0.841. The van der Waals surface area contributed by atoms with Crippen molar-refractivity contribution in [2.24, 2.45) is 11.7 Å². The summed E-state index contributed by atoms with van der Waals surface area (Å²) in [5.41, 5.74) is 6.72. The van der Waals surface area contributed by atoms with Crippen LogP contribution in [-0.4, -0.2) is 34.2 Å². The summed E-state index contributed by atoms with van der Waals surface area (Å²) in [5, 5.41) is 4.22. The minimum absolute atomic E-state index is 0.458. The van der Waals surface area contributed by atoms with E-state index in [1.54, 1.807) is 12.4 Å². The predicted octanol–water partition coefficient (Wildman–Crippen LogP) is 1.15. The van der Waals surface area contributed by atoms with Crippen LogP contribution in [0.3, 0.4) is 0 Å². The molecule has 0 fully saturated rings. The van der Waals surface area contributed by atoms with Gasteiger partial charge in [-0.2, -0.15) is 5.10 Å². The van der Waals surface area contributed by atoms with Crippen LogP contribution in [0.25, 0.3) is 5.52 Å². The number of nitrogens with two attached hydrogens (primary N) is 1. The molecule has 0 spiro atoms. The third kappa shape index (κ3) is 2.39. The molecular formula is C12H19N5. The maximum absolute atomic E-state index is 5.68. The normalized spacial score (nSPS) is 12.9. The van der Waals surface area contributed by atoms with Crippen LogP contribution < -0.4 is 10.6 Å². The zero-order valence-corrected chi connectivity index (χ0v) is 10.4. The first-order valence-corrected chi connectivity index (χ1v) is 5.99. The number of rotatable bonds is 5. The number of fused-ring (bicyclic) bond motifs is 1. The number of aromatic nitrogens is 3. The lowest BCUT2D eigenvalue weighted by molar-refractivity contribution is 0.573. The predicted molar refractivity (Wildman–Crippen MR) is 69.1 cm³/mol. The Kier molecular flexibility index (Phi) is 3.58. The Morgan fingerprint density at radius 1 is 1.47 bits per heavy atom. The molecule has 92 valence electrons. The molecule has 0 aromatic carbocycles. The number of anilines is 1. The highest BCUT2D eigenvalue weighted by atomic mass is 15.3. The van der Waals surface area contributed by atoms with Crippen LogP contribution in [0.5, 0.6) is 0 Å². The van der Waals surface area contributed by atoms with E-state index in [0.717, 1.165) is 24.4 Å². The van der Waals surface area contributed by atoms with Gasteiger partial charge in [0.15, 0.2) is 5.82 Å². The first kappa shape index (κ1) is 11.9. The molecule has 0 saturated carbocycles. The summed E-state index contributed by atoms with van der Waals surface area (Å²) in [6.07, 6.45) is 5.44. The summed E-state index contributed by atoms with van der Waals surface area (Å²) >= 11 is 0. The minimum Gasteiger partial charge on any atom is -0.355 e. The maximum atomic E-state index is 5.68. The van der Waals surface area contributed by atoms with Crippen molar-refractivity contribution in [2.45, 2.75) is 13.8 Å². The van der Waals surface area contributed by atoms with E-state index >= 15 is 0 Å². The topological polar surface area (TPSA) is 59.5 Å². The van der Waals surface area contributed by atoms with Crippen LogP contribution in [0.1, 0.15) is 13.8 Å². The molecule has 17 heavy (non-hydrogen) atoms. The summed E-state index contributed by atoms with van der Waals surface area (Å²) in [4.78, 5) is 6.71. The minimum atomic E-state index is 0.458. The third-order valence-electron chi connectivity index (χ3n) is 2.92. The highest BCUT2D eigenvalue weighted by Crippen LogP contribution is 2.18. The molecule has 2 heterocycles. The van der Waals surface area contributed by atoms with Crippen LogP contribution in [0.2, 0.25) is 0 Å². The molecule has 0 saturated heterocycles. The van der Waals surface area contributed by atoms with Crippen molar-refractivity contribution in [3.8, 4) is 0 Å². The van der Waals surface area contributed by atoms with Crippen molar-refractivity contribution in [1.82, 2.24) is 14.6 Å². The van der Waals surface area contributed by atoms with E-state index in [4.69, 9.17) is 5.73 Å². The van der Waals surface area contributed by atoms with Gasteiger partial charge in [-0.05, 0) is 25.5 Å². The Labute approximate surface area is 101 Å². The Hall–Kier alpha value is -1.62. The standard InChI is InChI=1S/C12H19N5/c1-3-16(9-10(2)8-13)12-11-4-5-15-17(11)7-6-14-12/h4-7,10H,3,8-9,13H2,1-2H3. The Morgan fingerprint density at radius 2 is 2.29 bits per heavy atom. The molecule has 0 aliphatic carbocycles. The van der Waals surface area contributed by atoms with Gasteiger partial charge >= 0.3 is 0 Å². The number of hydrogen-bond donors (Lipinski definition) is 1. The smallest absolute Gasteiger partial charge is 0.154 e. The molecule has 1 atom stereocenters. The Bertz CT molecular complexity index is 478. The zero-order chi connectivity index (χ0) is 12.3. The molecule has 2 aromatic heterocycles. The van der Waals surface area contributed by atoms with E-state index in [1.165, 1.54) is 0 Å². The van der Waals surface area contributed by atoms with Crippen LogP contribution in [0.4, 0.5) is 5.82 Å². The third-order valence-corrected chi connectivity index (χ3v) is 2.92. The molecule has 1 unspecified atom stereocenters. The van der Waals surface area contributed by atoms with E-state index in [2.05, 4.69) is 28.8 Å². The second-order valence-corrected chi connectivity index (χ2v) is 4.29. The SMILES string of the molecule is CCN(CC(C)CN)c1nccn2nccc12. The van der Waals surface area contributed by atoms with Gasteiger partial charge in [0.25, 0.3) is 0 Å². The van der Waals surface area contributed by atoms with Gasteiger partial charge in [-0.1, -0.05) is 6.92 Å². The van der Waals surface area contributed by atoms with Crippen molar-refractivity contribution in [3.05, 3.63) is 24.7 Å². The summed E-state index contributed by atoms with van der Waals surface area (Å²) < 4.78 is 1.85. The fourth-order valence-corrected chi connectivity index (χ4v) is 1.90.